The Morgan fingerprint density at radius 3 is 2.48 bits per heavy atom. The molecule has 0 aromatic heterocycles. The van der Waals surface area contributed by atoms with Crippen LogP contribution in [-0.4, -0.2) is 38.6 Å². The zero-order valence-electron chi connectivity index (χ0n) is 17.7. The van der Waals surface area contributed by atoms with E-state index in [2.05, 4.69) is 11.6 Å². The number of hydrogen-bond acceptors (Lipinski definition) is 4. The van der Waals surface area contributed by atoms with Gasteiger partial charge in [-0.2, -0.15) is 0 Å². The SMILES string of the molecule is CSc1ccc(S(=O)(=O)Nc2cccc3ccccc23)cc1C(=O)N1CCC(C)CC1. The minimum absolute atomic E-state index is 0.0898. The van der Waals surface area contributed by atoms with Gasteiger partial charge in [0, 0.05) is 23.4 Å². The molecular formula is C24H26N2O3S2. The van der Waals surface area contributed by atoms with Gasteiger partial charge in [0.2, 0.25) is 0 Å². The van der Waals surface area contributed by atoms with Gasteiger partial charge in [0.25, 0.3) is 15.9 Å². The Morgan fingerprint density at radius 1 is 1.03 bits per heavy atom. The van der Waals surface area contributed by atoms with E-state index >= 15 is 0 Å². The van der Waals surface area contributed by atoms with E-state index in [0.29, 0.717) is 30.3 Å². The first-order valence-corrected chi connectivity index (χ1v) is 13.1. The molecule has 31 heavy (non-hydrogen) atoms. The molecule has 1 aliphatic heterocycles. The highest BCUT2D eigenvalue weighted by Gasteiger charge is 2.25. The number of fused-ring (bicyclic) bond motifs is 1. The van der Waals surface area contributed by atoms with Crippen LogP contribution in [0.1, 0.15) is 30.1 Å². The number of thioether (sulfide) groups is 1. The zero-order valence-corrected chi connectivity index (χ0v) is 19.3. The highest BCUT2D eigenvalue weighted by Crippen LogP contribution is 2.29. The molecule has 0 aliphatic carbocycles. The van der Waals surface area contributed by atoms with Crippen molar-refractivity contribution in [1.82, 2.24) is 4.90 Å². The van der Waals surface area contributed by atoms with E-state index in [9.17, 15) is 13.2 Å². The minimum Gasteiger partial charge on any atom is -0.339 e. The summed E-state index contributed by atoms with van der Waals surface area (Å²) in [5.74, 6) is 0.513. The topological polar surface area (TPSA) is 66.5 Å². The number of anilines is 1. The first kappa shape index (κ1) is 21.7. The standard InChI is InChI=1S/C24H26N2O3S2/c1-17-12-14-26(15-13-17)24(27)21-16-19(10-11-23(21)30-2)31(28,29)25-22-9-5-7-18-6-3-4-8-20(18)22/h3-11,16-17,25H,12-15H2,1-2H3. The molecule has 0 saturated carbocycles. The van der Waals surface area contributed by atoms with Crippen LogP contribution in [0.2, 0.25) is 0 Å². The lowest BCUT2D eigenvalue weighted by Gasteiger charge is -2.30. The highest BCUT2D eigenvalue weighted by molar-refractivity contribution is 7.98. The number of benzene rings is 3. The molecule has 3 aromatic carbocycles. The number of nitrogens with zero attached hydrogens (tertiary/aromatic N) is 1. The Hall–Kier alpha value is -2.51. The third-order valence-electron chi connectivity index (χ3n) is 5.82. The smallest absolute Gasteiger partial charge is 0.261 e. The Balaban J connectivity index is 1.67. The summed E-state index contributed by atoms with van der Waals surface area (Å²) in [6.07, 6.45) is 3.84. The average molecular weight is 455 g/mol. The molecule has 162 valence electrons. The van der Waals surface area contributed by atoms with Gasteiger partial charge < -0.3 is 4.90 Å². The van der Waals surface area contributed by atoms with Gasteiger partial charge in [-0.05, 0) is 54.7 Å². The fourth-order valence-electron chi connectivity index (χ4n) is 3.92. The summed E-state index contributed by atoms with van der Waals surface area (Å²) in [6, 6.07) is 17.9. The van der Waals surface area contributed by atoms with E-state index in [1.54, 1.807) is 18.2 Å². The van der Waals surface area contributed by atoms with Crippen molar-refractivity contribution < 1.29 is 13.2 Å². The average Bonchev–Trinajstić information content (AvgIpc) is 2.78. The largest absolute Gasteiger partial charge is 0.339 e. The molecule has 0 unspecified atom stereocenters. The van der Waals surface area contributed by atoms with E-state index in [1.165, 1.54) is 17.8 Å². The maximum absolute atomic E-state index is 13.2. The van der Waals surface area contributed by atoms with Crippen LogP contribution < -0.4 is 4.72 Å². The van der Waals surface area contributed by atoms with Crippen LogP contribution in [-0.2, 0) is 10.0 Å². The lowest BCUT2D eigenvalue weighted by atomic mass is 9.98. The monoisotopic (exact) mass is 454 g/mol. The lowest BCUT2D eigenvalue weighted by molar-refractivity contribution is 0.0693. The Kier molecular flexibility index (Phi) is 6.25. The molecule has 3 aromatic rings. The van der Waals surface area contributed by atoms with E-state index in [1.807, 2.05) is 47.6 Å². The number of hydrogen-bond donors (Lipinski definition) is 1. The van der Waals surface area contributed by atoms with Crippen molar-refractivity contribution >= 4 is 44.2 Å². The molecule has 1 saturated heterocycles. The van der Waals surface area contributed by atoms with Crippen molar-refractivity contribution in [3.8, 4) is 0 Å². The predicted octanol–water partition coefficient (Wildman–Crippen LogP) is 5.23. The van der Waals surface area contributed by atoms with E-state index in [0.717, 1.165) is 28.5 Å². The number of amides is 1. The second-order valence-electron chi connectivity index (χ2n) is 7.97. The van der Waals surface area contributed by atoms with E-state index in [4.69, 9.17) is 0 Å². The summed E-state index contributed by atoms with van der Waals surface area (Å²) in [7, 11) is -3.86. The first-order valence-electron chi connectivity index (χ1n) is 10.4. The quantitative estimate of drug-likeness (QED) is 0.536. The molecule has 0 bridgehead atoms. The van der Waals surface area contributed by atoms with Crippen LogP contribution in [0.5, 0.6) is 0 Å². The number of rotatable bonds is 5. The van der Waals surface area contributed by atoms with Crippen LogP contribution in [0.15, 0.2) is 70.5 Å². The molecule has 4 rings (SSSR count). The number of carbonyl (C=O) groups is 1. The molecule has 0 atom stereocenters. The lowest BCUT2D eigenvalue weighted by Crippen LogP contribution is -2.38. The second kappa shape index (κ2) is 8.93. The molecule has 1 fully saturated rings. The molecule has 0 spiro atoms. The fraction of sp³-hybridized carbons (Fsp3) is 0.292. The first-order chi connectivity index (χ1) is 14.9. The molecule has 5 nitrogen and oxygen atoms in total. The van der Waals surface area contributed by atoms with Crippen LogP contribution in [0, 0.1) is 5.92 Å². The fourth-order valence-corrected chi connectivity index (χ4v) is 5.60. The van der Waals surface area contributed by atoms with Gasteiger partial charge in [-0.25, -0.2) is 8.42 Å². The Morgan fingerprint density at radius 2 is 1.74 bits per heavy atom. The Bertz CT molecular complexity index is 1210. The number of piperidine rings is 1. The third-order valence-corrected chi connectivity index (χ3v) is 7.98. The number of likely N-dealkylation sites (tertiary alicyclic amines) is 1. The van der Waals surface area contributed by atoms with Crippen molar-refractivity contribution in [1.29, 1.82) is 0 Å². The molecule has 7 heteroatoms. The van der Waals surface area contributed by atoms with Gasteiger partial charge >= 0.3 is 0 Å². The minimum atomic E-state index is -3.86. The van der Waals surface area contributed by atoms with E-state index in [-0.39, 0.29) is 10.8 Å². The van der Waals surface area contributed by atoms with Crippen molar-refractivity contribution in [2.24, 2.45) is 5.92 Å². The summed E-state index contributed by atoms with van der Waals surface area (Å²) in [5.41, 5.74) is 0.966. The van der Waals surface area contributed by atoms with Crippen LogP contribution in [0.3, 0.4) is 0 Å². The Labute approximate surface area is 187 Å². The number of sulfonamides is 1. The van der Waals surface area contributed by atoms with Crippen LogP contribution >= 0.6 is 11.8 Å². The van der Waals surface area contributed by atoms with Gasteiger partial charge in [-0.15, -0.1) is 11.8 Å². The molecule has 1 aliphatic rings. The molecule has 1 heterocycles. The molecular weight excluding hydrogens is 428 g/mol. The van der Waals surface area contributed by atoms with Crippen LogP contribution in [0.4, 0.5) is 5.69 Å². The van der Waals surface area contributed by atoms with Gasteiger partial charge in [-0.3, -0.25) is 9.52 Å². The van der Waals surface area contributed by atoms with Gasteiger partial charge in [0.1, 0.15) is 0 Å². The summed E-state index contributed by atoms with van der Waals surface area (Å²) in [4.78, 5) is 15.9. The molecule has 1 N–H and O–H groups in total. The second-order valence-corrected chi connectivity index (χ2v) is 10.5. The molecule has 1 amide bonds. The summed E-state index contributed by atoms with van der Waals surface area (Å²) < 4.78 is 29.1. The van der Waals surface area contributed by atoms with Gasteiger partial charge in [0.15, 0.2) is 0 Å². The van der Waals surface area contributed by atoms with E-state index < -0.39 is 10.0 Å². The number of nitrogens with one attached hydrogen (secondary N) is 1. The summed E-state index contributed by atoms with van der Waals surface area (Å²) in [5, 5.41) is 1.78. The normalized spacial score (nSPS) is 15.2. The summed E-state index contributed by atoms with van der Waals surface area (Å²) in [6.45, 7) is 3.61. The van der Waals surface area contributed by atoms with Gasteiger partial charge in [-0.1, -0.05) is 43.3 Å². The van der Waals surface area contributed by atoms with Crippen molar-refractivity contribution in [2.45, 2.75) is 29.6 Å². The highest BCUT2D eigenvalue weighted by atomic mass is 32.2. The maximum atomic E-state index is 13.2. The number of carbonyl (C=O) groups excluding carboxylic acids is 1. The van der Waals surface area contributed by atoms with Gasteiger partial charge in [0.05, 0.1) is 16.1 Å². The zero-order chi connectivity index (χ0) is 22.0. The maximum Gasteiger partial charge on any atom is 0.261 e. The predicted molar refractivity (Wildman–Crippen MR) is 127 cm³/mol. The third kappa shape index (κ3) is 4.57. The van der Waals surface area contributed by atoms with Crippen molar-refractivity contribution in [2.75, 3.05) is 24.1 Å². The van der Waals surface area contributed by atoms with Crippen LogP contribution in [0.25, 0.3) is 10.8 Å². The van der Waals surface area contributed by atoms with Crippen molar-refractivity contribution in [3.05, 3.63) is 66.2 Å². The molecule has 0 radical (unpaired) electrons. The summed E-state index contributed by atoms with van der Waals surface area (Å²) >= 11 is 1.45. The van der Waals surface area contributed by atoms with Crippen molar-refractivity contribution in [3.63, 3.8) is 0 Å².